The first-order chi connectivity index (χ1) is 19.6. The van der Waals surface area contributed by atoms with E-state index in [2.05, 4.69) is 15.7 Å². The van der Waals surface area contributed by atoms with Gasteiger partial charge in [-0.05, 0) is 55.9 Å². The first kappa shape index (κ1) is 29.1. The van der Waals surface area contributed by atoms with Gasteiger partial charge in [0.2, 0.25) is 0 Å². The van der Waals surface area contributed by atoms with Crippen molar-refractivity contribution in [2.24, 2.45) is 0 Å². The van der Waals surface area contributed by atoms with Crippen LogP contribution in [-0.2, 0) is 17.6 Å². The fourth-order valence-corrected chi connectivity index (χ4v) is 6.80. The second kappa shape index (κ2) is 11.4. The van der Waals surface area contributed by atoms with Crippen LogP contribution >= 0.6 is 22.9 Å². The largest absolute Gasteiger partial charge is 0.493 e. The van der Waals surface area contributed by atoms with Gasteiger partial charge in [0.1, 0.15) is 15.8 Å². The molecule has 220 valence electrons. The summed E-state index contributed by atoms with van der Waals surface area (Å²) in [5, 5.41) is 9.71. The monoisotopic (exact) mass is 612 g/mol. The molecule has 0 radical (unpaired) electrons. The molecule has 41 heavy (non-hydrogen) atoms. The van der Waals surface area contributed by atoms with Crippen molar-refractivity contribution in [1.82, 2.24) is 9.78 Å². The Labute approximate surface area is 242 Å². The number of thiophene rings is 1. The zero-order valence-electron chi connectivity index (χ0n) is 22.5. The molecular weight excluding hydrogens is 585 g/mol. The molecule has 0 fully saturated rings. The van der Waals surface area contributed by atoms with Crippen molar-refractivity contribution in [2.45, 2.75) is 57.3 Å². The zero-order valence-corrected chi connectivity index (χ0v) is 24.1. The lowest BCUT2D eigenvalue weighted by molar-refractivity contribution is -0.173. The summed E-state index contributed by atoms with van der Waals surface area (Å²) >= 11 is 7.78. The van der Waals surface area contributed by atoms with E-state index in [0.29, 0.717) is 28.2 Å². The molecule has 14 heteroatoms. The number of benzene rings is 1. The molecule has 0 saturated heterocycles. The third kappa shape index (κ3) is 5.44. The molecule has 9 nitrogen and oxygen atoms in total. The average molecular weight is 613 g/mol. The third-order valence-electron chi connectivity index (χ3n) is 7.20. The van der Waals surface area contributed by atoms with Gasteiger partial charge in [0.25, 0.3) is 5.91 Å². The fourth-order valence-electron chi connectivity index (χ4n) is 5.26. The number of aryl methyl sites for hydroxylation is 1. The van der Waals surface area contributed by atoms with Crippen molar-refractivity contribution < 1.29 is 37.0 Å². The summed E-state index contributed by atoms with van der Waals surface area (Å²) in [5.41, 5.74) is 1.23. The Morgan fingerprint density at radius 2 is 1.93 bits per heavy atom. The number of amides is 1. The highest BCUT2D eigenvalue weighted by molar-refractivity contribution is 7.17. The van der Waals surface area contributed by atoms with Crippen LogP contribution in [0.4, 0.5) is 24.0 Å². The first-order valence-corrected chi connectivity index (χ1v) is 14.2. The van der Waals surface area contributed by atoms with Crippen LogP contribution in [0.25, 0.3) is 0 Å². The Kier molecular flexibility index (Phi) is 8.11. The van der Waals surface area contributed by atoms with Crippen LogP contribution in [0.3, 0.4) is 0 Å². The standard InChI is InChI=1S/C27H28ClF3N4O5S/c1-4-40-26(37)20-14-7-5-6-8-18(14)41-25(20)33-24(36)22-21(28)23-32-15(12-19(27(29,30)31)35(23)34-22)13-9-10-16(38-2)17(11-13)39-3/h9-11,15,19,32H,4-8,12H2,1-3H3,(H,33,36)/t15-,19+/m1/s1. The van der Waals surface area contributed by atoms with Gasteiger partial charge < -0.3 is 24.8 Å². The lowest BCUT2D eigenvalue weighted by atomic mass is 9.95. The molecule has 3 heterocycles. The second-order valence-corrected chi connectivity index (χ2v) is 11.1. The molecule has 2 N–H and O–H groups in total. The minimum atomic E-state index is -4.68. The van der Waals surface area contributed by atoms with Gasteiger partial charge in [-0.15, -0.1) is 11.3 Å². The number of alkyl halides is 3. The lowest BCUT2D eigenvalue weighted by Crippen LogP contribution is -2.35. The van der Waals surface area contributed by atoms with E-state index in [1.165, 1.54) is 25.6 Å². The highest BCUT2D eigenvalue weighted by atomic mass is 35.5. The van der Waals surface area contributed by atoms with Crippen molar-refractivity contribution in [3.05, 3.63) is 50.5 Å². The Morgan fingerprint density at radius 3 is 2.61 bits per heavy atom. The van der Waals surface area contributed by atoms with Crippen LogP contribution in [0.5, 0.6) is 11.5 Å². The lowest BCUT2D eigenvalue weighted by Gasteiger charge is -2.33. The maximum atomic E-state index is 14.3. The molecule has 0 unspecified atom stereocenters. The van der Waals surface area contributed by atoms with Gasteiger partial charge in [-0.3, -0.25) is 4.79 Å². The molecule has 2 aromatic heterocycles. The Balaban J connectivity index is 1.50. The number of hydrogen-bond acceptors (Lipinski definition) is 8. The van der Waals surface area contributed by atoms with Crippen molar-refractivity contribution in [2.75, 3.05) is 31.5 Å². The van der Waals surface area contributed by atoms with Gasteiger partial charge in [0, 0.05) is 11.3 Å². The number of rotatable bonds is 7. The Hall–Kier alpha value is -3.45. The van der Waals surface area contributed by atoms with E-state index in [0.717, 1.165) is 29.7 Å². The van der Waals surface area contributed by atoms with Crippen LogP contribution in [0, 0.1) is 0 Å². The van der Waals surface area contributed by atoms with Crippen LogP contribution < -0.4 is 20.1 Å². The molecule has 5 rings (SSSR count). The topological polar surface area (TPSA) is 104 Å². The smallest absolute Gasteiger partial charge is 0.410 e. The van der Waals surface area contributed by atoms with Crippen LogP contribution in [0.1, 0.15) is 75.1 Å². The molecular formula is C27H28ClF3N4O5S. The van der Waals surface area contributed by atoms with Gasteiger partial charge in [-0.2, -0.15) is 18.3 Å². The van der Waals surface area contributed by atoms with Crippen LogP contribution in [0.2, 0.25) is 5.02 Å². The summed E-state index contributed by atoms with van der Waals surface area (Å²) in [4.78, 5) is 27.2. The molecule has 2 aliphatic rings. The van der Waals surface area contributed by atoms with Crippen molar-refractivity contribution in [1.29, 1.82) is 0 Å². The number of esters is 1. The summed E-state index contributed by atoms with van der Waals surface area (Å²) in [6.07, 6.45) is -1.81. The number of fused-ring (bicyclic) bond motifs is 2. The number of halogens is 4. The van der Waals surface area contributed by atoms with E-state index in [-0.39, 0.29) is 28.0 Å². The van der Waals surface area contributed by atoms with Crippen LogP contribution in [-0.4, -0.2) is 48.7 Å². The van der Waals surface area contributed by atoms with Crippen LogP contribution in [0.15, 0.2) is 18.2 Å². The number of anilines is 2. The molecule has 1 aliphatic heterocycles. The van der Waals surface area contributed by atoms with E-state index in [9.17, 15) is 22.8 Å². The summed E-state index contributed by atoms with van der Waals surface area (Å²) in [7, 11) is 2.89. The molecule has 1 amide bonds. The molecule has 2 atom stereocenters. The SMILES string of the molecule is CCOC(=O)c1c(NC(=O)c2nn3c(c2Cl)N[C@@H](c2ccc(OC)c(OC)c2)C[C@H]3C(F)(F)F)sc2c1CCCC2. The number of nitrogens with one attached hydrogen (secondary N) is 2. The van der Waals surface area contributed by atoms with E-state index in [1.807, 2.05) is 0 Å². The Morgan fingerprint density at radius 1 is 1.20 bits per heavy atom. The highest BCUT2D eigenvalue weighted by Crippen LogP contribution is 2.47. The summed E-state index contributed by atoms with van der Waals surface area (Å²) in [5.74, 6) is -0.739. The number of carbonyl (C=O) groups excluding carboxylic acids is 2. The van der Waals surface area contributed by atoms with E-state index in [4.69, 9.17) is 25.8 Å². The van der Waals surface area contributed by atoms with Gasteiger partial charge in [0.05, 0.1) is 32.4 Å². The van der Waals surface area contributed by atoms with Gasteiger partial charge in [-0.25, -0.2) is 9.48 Å². The molecule has 0 bridgehead atoms. The third-order valence-corrected chi connectivity index (χ3v) is 8.76. The number of methoxy groups -OCH3 is 2. The number of hydrogen-bond donors (Lipinski definition) is 2. The minimum absolute atomic E-state index is 0.138. The number of aromatic nitrogens is 2. The normalized spacial score (nSPS) is 18.1. The maximum Gasteiger partial charge on any atom is 0.410 e. The quantitative estimate of drug-likeness (QED) is 0.290. The fraction of sp³-hybridized carbons (Fsp3) is 0.444. The zero-order chi connectivity index (χ0) is 29.5. The van der Waals surface area contributed by atoms with Crippen molar-refractivity contribution in [3.63, 3.8) is 0 Å². The highest BCUT2D eigenvalue weighted by Gasteiger charge is 2.48. The molecule has 3 aromatic rings. The van der Waals surface area contributed by atoms with Crippen molar-refractivity contribution in [3.8, 4) is 11.5 Å². The molecule has 1 aliphatic carbocycles. The van der Waals surface area contributed by atoms with Gasteiger partial charge in [0.15, 0.2) is 23.2 Å². The molecule has 0 spiro atoms. The number of ether oxygens (including phenoxy) is 3. The predicted octanol–water partition coefficient (Wildman–Crippen LogP) is 6.58. The van der Waals surface area contributed by atoms with Crippen molar-refractivity contribution >= 4 is 45.6 Å². The average Bonchev–Trinajstić information content (AvgIpc) is 3.48. The number of nitrogens with zero attached hydrogens (tertiary/aromatic N) is 2. The predicted molar refractivity (Wildman–Crippen MR) is 148 cm³/mol. The number of carbonyl (C=O) groups is 2. The first-order valence-electron chi connectivity index (χ1n) is 13.0. The minimum Gasteiger partial charge on any atom is -0.493 e. The maximum absolute atomic E-state index is 14.3. The summed E-state index contributed by atoms with van der Waals surface area (Å²) in [6, 6.07) is 1.95. The van der Waals surface area contributed by atoms with E-state index < -0.39 is 42.3 Å². The van der Waals surface area contributed by atoms with Gasteiger partial charge in [-0.1, -0.05) is 17.7 Å². The van der Waals surface area contributed by atoms with E-state index >= 15 is 0 Å². The summed E-state index contributed by atoms with van der Waals surface area (Å²) < 4.78 is 59.3. The Bertz CT molecular complexity index is 1490. The van der Waals surface area contributed by atoms with Gasteiger partial charge >= 0.3 is 12.1 Å². The second-order valence-electron chi connectivity index (χ2n) is 9.65. The van der Waals surface area contributed by atoms with E-state index in [1.54, 1.807) is 25.1 Å². The summed E-state index contributed by atoms with van der Waals surface area (Å²) in [6.45, 7) is 1.84. The molecule has 0 saturated carbocycles. The molecule has 1 aromatic carbocycles.